The number of methoxy groups -OCH3 is 1. The van der Waals surface area contributed by atoms with Crippen molar-refractivity contribution in [2.24, 2.45) is 5.92 Å². The fourth-order valence-electron chi connectivity index (χ4n) is 2.65. The van der Waals surface area contributed by atoms with Gasteiger partial charge < -0.3 is 19.5 Å². The largest absolute Gasteiger partial charge is 0.383 e. The minimum absolute atomic E-state index is 0.787. The molecule has 1 aromatic rings. The Morgan fingerprint density at radius 2 is 2.50 bits per heavy atom. The van der Waals surface area contributed by atoms with Crippen LogP contribution in [-0.4, -0.2) is 66.7 Å². The molecule has 1 aromatic heterocycles. The molecule has 1 atom stereocenters. The molecule has 0 unspecified atom stereocenters. The summed E-state index contributed by atoms with van der Waals surface area (Å²) >= 11 is 0. The number of rotatable bonds is 7. The number of H-pyrrole nitrogens is 1. The summed E-state index contributed by atoms with van der Waals surface area (Å²) in [4.78, 5) is 12.1. The lowest BCUT2D eigenvalue weighted by Crippen LogP contribution is -2.29. The van der Waals surface area contributed by atoms with Crippen LogP contribution in [0.1, 0.15) is 12.1 Å². The number of aromatic nitrogens is 2. The van der Waals surface area contributed by atoms with Crippen LogP contribution in [0.25, 0.3) is 0 Å². The van der Waals surface area contributed by atoms with Gasteiger partial charge in [-0.1, -0.05) is 0 Å². The van der Waals surface area contributed by atoms with Crippen LogP contribution < -0.4 is 0 Å². The molecular weight excluding hydrogens is 228 g/mol. The smallest absolute Gasteiger partial charge is 0.0922 e. The van der Waals surface area contributed by atoms with E-state index in [9.17, 15) is 0 Å². The molecule has 1 aliphatic rings. The third kappa shape index (κ3) is 4.08. The summed E-state index contributed by atoms with van der Waals surface area (Å²) in [5.74, 6) is 0.787. The summed E-state index contributed by atoms with van der Waals surface area (Å²) in [5.41, 5.74) is 1.19. The fourth-order valence-corrected chi connectivity index (χ4v) is 2.65. The van der Waals surface area contributed by atoms with E-state index >= 15 is 0 Å². The van der Waals surface area contributed by atoms with Gasteiger partial charge in [0.05, 0.1) is 12.9 Å². The average molecular weight is 252 g/mol. The predicted molar refractivity (Wildman–Crippen MR) is 71.3 cm³/mol. The number of nitrogens with one attached hydrogen (secondary N) is 1. The summed E-state index contributed by atoms with van der Waals surface area (Å²) in [6, 6.07) is 0. The summed E-state index contributed by atoms with van der Waals surface area (Å²) in [6.07, 6.45) is 4.94. The third-order valence-electron chi connectivity index (χ3n) is 3.55. The number of aromatic amines is 1. The molecule has 1 saturated heterocycles. The van der Waals surface area contributed by atoms with Crippen LogP contribution in [0.15, 0.2) is 12.5 Å². The Morgan fingerprint density at radius 3 is 3.22 bits per heavy atom. The van der Waals surface area contributed by atoms with Crippen molar-refractivity contribution in [3.63, 3.8) is 0 Å². The molecule has 0 aliphatic carbocycles. The molecule has 0 aromatic carbocycles. The molecule has 1 fully saturated rings. The first-order valence-electron chi connectivity index (χ1n) is 6.65. The Hall–Kier alpha value is -0.910. The maximum Gasteiger partial charge on any atom is 0.0922 e. The molecule has 1 N–H and O–H groups in total. The molecule has 0 radical (unpaired) electrons. The van der Waals surface area contributed by atoms with Crippen LogP contribution in [0.4, 0.5) is 0 Å². The minimum atomic E-state index is 0.787. The van der Waals surface area contributed by atoms with Crippen molar-refractivity contribution in [3.05, 3.63) is 18.2 Å². The Labute approximate surface area is 109 Å². The standard InChI is InChI=1S/C13H24N4O/c1-16(10-13-7-14-11-15-13)8-12-3-4-17(9-12)5-6-18-2/h7,11-12H,3-6,8-10H2,1-2H3,(H,14,15)/t12-/m0/s1. The van der Waals surface area contributed by atoms with E-state index in [0.717, 1.165) is 32.2 Å². The van der Waals surface area contributed by atoms with Crippen molar-refractivity contribution in [1.82, 2.24) is 19.8 Å². The minimum Gasteiger partial charge on any atom is -0.383 e. The summed E-state index contributed by atoms with van der Waals surface area (Å²) in [7, 11) is 3.95. The van der Waals surface area contributed by atoms with Crippen molar-refractivity contribution in [2.75, 3.05) is 46.9 Å². The third-order valence-corrected chi connectivity index (χ3v) is 3.55. The van der Waals surface area contributed by atoms with Crippen LogP contribution in [0.2, 0.25) is 0 Å². The quantitative estimate of drug-likeness (QED) is 0.780. The molecule has 0 amide bonds. The summed E-state index contributed by atoms with van der Waals surface area (Å²) in [6.45, 7) is 6.44. The first-order valence-corrected chi connectivity index (χ1v) is 6.65. The Morgan fingerprint density at radius 1 is 1.61 bits per heavy atom. The van der Waals surface area contributed by atoms with Crippen LogP contribution in [0, 0.1) is 5.92 Å². The molecule has 1 aliphatic heterocycles. The molecule has 5 heteroatoms. The zero-order chi connectivity index (χ0) is 12.8. The van der Waals surface area contributed by atoms with E-state index < -0.39 is 0 Å². The van der Waals surface area contributed by atoms with Gasteiger partial charge in [-0.05, 0) is 25.9 Å². The summed E-state index contributed by atoms with van der Waals surface area (Å²) in [5, 5.41) is 0. The molecular formula is C13H24N4O. The number of nitrogens with zero attached hydrogens (tertiary/aromatic N) is 3. The van der Waals surface area contributed by atoms with Gasteiger partial charge in [0.25, 0.3) is 0 Å². The second-order valence-corrected chi connectivity index (χ2v) is 5.22. The van der Waals surface area contributed by atoms with E-state index in [-0.39, 0.29) is 0 Å². The molecule has 0 saturated carbocycles. The normalized spacial score (nSPS) is 20.9. The predicted octanol–water partition coefficient (Wildman–Crippen LogP) is 0.810. The van der Waals surface area contributed by atoms with Crippen molar-refractivity contribution < 1.29 is 4.74 Å². The monoisotopic (exact) mass is 252 g/mol. The number of hydrogen-bond acceptors (Lipinski definition) is 4. The van der Waals surface area contributed by atoms with Gasteiger partial charge in [0, 0.05) is 45.2 Å². The van der Waals surface area contributed by atoms with Gasteiger partial charge in [0.15, 0.2) is 0 Å². The lowest BCUT2D eigenvalue weighted by molar-refractivity contribution is 0.157. The van der Waals surface area contributed by atoms with Gasteiger partial charge in [-0.2, -0.15) is 0 Å². The molecule has 18 heavy (non-hydrogen) atoms. The number of imidazole rings is 1. The van der Waals surface area contributed by atoms with Gasteiger partial charge >= 0.3 is 0 Å². The lowest BCUT2D eigenvalue weighted by Gasteiger charge is -2.20. The van der Waals surface area contributed by atoms with Gasteiger partial charge in [0.1, 0.15) is 0 Å². The van der Waals surface area contributed by atoms with Gasteiger partial charge in [-0.3, -0.25) is 0 Å². The van der Waals surface area contributed by atoms with Crippen LogP contribution in [0.5, 0.6) is 0 Å². The van der Waals surface area contributed by atoms with Crippen LogP contribution in [-0.2, 0) is 11.3 Å². The highest BCUT2D eigenvalue weighted by Gasteiger charge is 2.23. The molecule has 0 spiro atoms. The van der Waals surface area contributed by atoms with Crippen LogP contribution in [0.3, 0.4) is 0 Å². The number of hydrogen-bond donors (Lipinski definition) is 1. The maximum absolute atomic E-state index is 5.13. The highest BCUT2D eigenvalue weighted by atomic mass is 16.5. The maximum atomic E-state index is 5.13. The van der Waals surface area contributed by atoms with E-state index in [1.165, 1.54) is 25.2 Å². The fraction of sp³-hybridized carbons (Fsp3) is 0.769. The summed E-state index contributed by atoms with van der Waals surface area (Å²) < 4.78 is 5.13. The van der Waals surface area contributed by atoms with Crippen molar-refractivity contribution in [2.45, 2.75) is 13.0 Å². The molecule has 2 rings (SSSR count). The number of ether oxygens (including phenoxy) is 1. The van der Waals surface area contributed by atoms with Crippen molar-refractivity contribution in [1.29, 1.82) is 0 Å². The first kappa shape index (κ1) is 13.5. The van der Waals surface area contributed by atoms with Crippen molar-refractivity contribution in [3.8, 4) is 0 Å². The molecule has 5 nitrogen and oxygen atoms in total. The molecule has 0 bridgehead atoms. The second-order valence-electron chi connectivity index (χ2n) is 5.22. The first-order chi connectivity index (χ1) is 8.78. The highest BCUT2D eigenvalue weighted by molar-refractivity contribution is 4.93. The van der Waals surface area contributed by atoms with Crippen LogP contribution >= 0.6 is 0 Å². The SMILES string of the molecule is COCCN1CC[C@@H](CN(C)Cc2cnc[nH]2)C1. The van der Waals surface area contributed by atoms with E-state index in [2.05, 4.69) is 26.8 Å². The van der Waals surface area contributed by atoms with Gasteiger partial charge in [0.2, 0.25) is 0 Å². The Bertz CT molecular complexity index is 328. The molecule has 102 valence electrons. The van der Waals surface area contributed by atoms with E-state index in [1.54, 1.807) is 13.4 Å². The van der Waals surface area contributed by atoms with Crippen molar-refractivity contribution >= 4 is 0 Å². The van der Waals surface area contributed by atoms with E-state index in [0.29, 0.717) is 0 Å². The Kier molecular flexibility index (Phi) is 5.16. The molecule has 2 heterocycles. The zero-order valence-corrected chi connectivity index (χ0v) is 11.4. The van der Waals surface area contributed by atoms with E-state index in [4.69, 9.17) is 4.74 Å². The Balaban J connectivity index is 1.67. The highest BCUT2D eigenvalue weighted by Crippen LogP contribution is 2.17. The topological polar surface area (TPSA) is 44.4 Å². The van der Waals surface area contributed by atoms with Gasteiger partial charge in [-0.15, -0.1) is 0 Å². The average Bonchev–Trinajstić information content (AvgIpc) is 2.98. The lowest BCUT2D eigenvalue weighted by atomic mass is 10.1. The zero-order valence-electron chi connectivity index (χ0n) is 11.4. The second kappa shape index (κ2) is 6.87. The van der Waals surface area contributed by atoms with Gasteiger partial charge in [-0.25, -0.2) is 4.98 Å². The number of likely N-dealkylation sites (tertiary alicyclic amines) is 1. The van der Waals surface area contributed by atoms with E-state index in [1.807, 2.05) is 6.20 Å².